The van der Waals surface area contributed by atoms with Gasteiger partial charge in [-0.05, 0) is 18.2 Å². The largest absolute Gasteiger partial charge is 0.496 e. The summed E-state index contributed by atoms with van der Waals surface area (Å²) in [5.74, 6) is -2.71. The van der Waals surface area contributed by atoms with Crippen LogP contribution < -0.4 is 10.5 Å². The molecule has 0 fully saturated rings. The Balaban J connectivity index is 3.23. The van der Waals surface area contributed by atoms with E-state index in [1.807, 2.05) is 0 Å². The molecule has 5 heteroatoms. The number of hydrogen-bond donors (Lipinski definition) is 1. The molecule has 0 aliphatic heterocycles. The molecule has 0 atom stereocenters. The maximum absolute atomic E-state index is 13.2. The SMILES string of the molecule is COc1ccc(F)c(F)c1/C=C/C(N)=O. The number of amides is 1. The van der Waals surface area contributed by atoms with Gasteiger partial charge in [0.1, 0.15) is 5.75 Å². The molecule has 0 spiro atoms. The highest BCUT2D eigenvalue weighted by atomic mass is 19.2. The molecule has 0 unspecified atom stereocenters. The van der Waals surface area contributed by atoms with Crippen LogP contribution in [0.4, 0.5) is 8.78 Å². The molecule has 3 nitrogen and oxygen atoms in total. The van der Waals surface area contributed by atoms with Crippen molar-refractivity contribution in [2.75, 3.05) is 7.11 Å². The number of carbonyl (C=O) groups excluding carboxylic acids is 1. The first-order valence-electron chi connectivity index (χ1n) is 4.05. The lowest BCUT2D eigenvalue weighted by Gasteiger charge is -2.05. The molecule has 0 aromatic heterocycles. The molecule has 1 aromatic carbocycles. The van der Waals surface area contributed by atoms with Gasteiger partial charge in [-0.1, -0.05) is 0 Å². The summed E-state index contributed by atoms with van der Waals surface area (Å²) in [7, 11) is 1.31. The molecule has 15 heavy (non-hydrogen) atoms. The van der Waals surface area contributed by atoms with Crippen LogP contribution in [-0.2, 0) is 4.79 Å². The van der Waals surface area contributed by atoms with Crippen LogP contribution >= 0.6 is 0 Å². The van der Waals surface area contributed by atoms with Crippen molar-refractivity contribution in [1.82, 2.24) is 0 Å². The zero-order valence-corrected chi connectivity index (χ0v) is 7.96. The minimum atomic E-state index is -1.08. The average Bonchev–Trinajstić information content (AvgIpc) is 2.20. The first-order chi connectivity index (χ1) is 7.06. The second-order valence-electron chi connectivity index (χ2n) is 2.71. The quantitative estimate of drug-likeness (QED) is 0.773. The molecule has 0 saturated carbocycles. The Bertz CT molecular complexity index is 416. The number of ether oxygens (including phenoxy) is 1. The number of nitrogens with two attached hydrogens (primary N) is 1. The Kier molecular flexibility index (Phi) is 3.38. The zero-order valence-electron chi connectivity index (χ0n) is 7.96. The number of benzene rings is 1. The fourth-order valence-electron chi connectivity index (χ4n) is 1.05. The van der Waals surface area contributed by atoms with Crippen molar-refractivity contribution in [2.45, 2.75) is 0 Å². The number of carbonyl (C=O) groups is 1. The van der Waals surface area contributed by atoms with Crippen LogP contribution in [0.1, 0.15) is 5.56 Å². The second kappa shape index (κ2) is 4.54. The Morgan fingerprint density at radius 1 is 1.47 bits per heavy atom. The van der Waals surface area contributed by atoms with Crippen molar-refractivity contribution >= 4 is 12.0 Å². The second-order valence-corrected chi connectivity index (χ2v) is 2.71. The van der Waals surface area contributed by atoms with Crippen LogP contribution in [-0.4, -0.2) is 13.0 Å². The normalized spacial score (nSPS) is 10.6. The van der Waals surface area contributed by atoms with E-state index in [4.69, 9.17) is 10.5 Å². The van der Waals surface area contributed by atoms with E-state index in [-0.39, 0.29) is 11.3 Å². The highest BCUT2D eigenvalue weighted by Gasteiger charge is 2.11. The maximum atomic E-state index is 13.2. The highest BCUT2D eigenvalue weighted by Crippen LogP contribution is 2.24. The van der Waals surface area contributed by atoms with E-state index in [1.54, 1.807) is 0 Å². The van der Waals surface area contributed by atoms with E-state index in [0.29, 0.717) is 0 Å². The van der Waals surface area contributed by atoms with Gasteiger partial charge in [-0.15, -0.1) is 0 Å². The van der Waals surface area contributed by atoms with Crippen molar-refractivity contribution in [3.63, 3.8) is 0 Å². The molecule has 1 aromatic rings. The molecule has 0 radical (unpaired) electrons. The van der Waals surface area contributed by atoms with Crippen molar-refractivity contribution in [3.05, 3.63) is 35.4 Å². The first kappa shape index (κ1) is 11.2. The predicted molar refractivity (Wildman–Crippen MR) is 51.1 cm³/mol. The molecular formula is C10H9F2NO2. The van der Waals surface area contributed by atoms with Gasteiger partial charge in [-0.25, -0.2) is 8.78 Å². The fourth-order valence-corrected chi connectivity index (χ4v) is 1.05. The summed E-state index contributed by atoms with van der Waals surface area (Å²) >= 11 is 0. The molecule has 1 amide bonds. The summed E-state index contributed by atoms with van der Waals surface area (Å²) in [5, 5.41) is 0. The number of halogens is 2. The standard InChI is InChI=1S/C10H9F2NO2/c1-15-8-4-3-7(11)10(12)6(8)2-5-9(13)14/h2-5H,1H3,(H2,13,14)/b5-2+. The molecule has 0 heterocycles. The monoisotopic (exact) mass is 213 g/mol. The molecule has 0 aliphatic rings. The average molecular weight is 213 g/mol. The van der Waals surface area contributed by atoms with Crippen molar-refractivity contribution in [3.8, 4) is 5.75 Å². The Hall–Kier alpha value is -1.91. The van der Waals surface area contributed by atoms with Gasteiger partial charge in [0.05, 0.1) is 12.7 Å². The van der Waals surface area contributed by atoms with E-state index in [1.165, 1.54) is 13.2 Å². The molecule has 80 valence electrons. The summed E-state index contributed by atoms with van der Waals surface area (Å²) in [4.78, 5) is 10.4. The molecular weight excluding hydrogens is 204 g/mol. The van der Waals surface area contributed by atoms with Crippen LogP contribution in [0, 0.1) is 11.6 Å². The molecule has 1 rings (SSSR count). The third-order valence-electron chi connectivity index (χ3n) is 1.73. The van der Waals surface area contributed by atoms with Crippen molar-refractivity contribution in [2.24, 2.45) is 5.73 Å². The third kappa shape index (κ3) is 2.52. The van der Waals surface area contributed by atoms with Gasteiger partial charge in [0.15, 0.2) is 11.6 Å². The van der Waals surface area contributed by atoms with Crippen LogP contribution in [0.5, 0.6) is 5.75 Å². The Morgan fingerprint density at radius 3 is 2.67 bits per heavy atom. The topological polar surface area (TPSA) is 52.3 Å². The van der Waals surface area contributed by atoms with E-state index in [2.05, 4.69) is 0 Å². The van der Waals surface area contributed by atoms with Crippen molar-refractivity contribution < 1.29 is 18.3 Å². The highest BCUT2D eigenvalue weighted by molar-refractivity contribution is 5.90. The molecule has 2 N–H and O–H groups in total. The summed E-state index contributed by atoms with van der Waals surface area (Å²) in [6.07, 6.45) is 2.00. The third-order valence-corrected chi connectivity index (χ3v) is 1.73. The lowest BCUT2D eigenvalue weighted by Crippen LogP contribution is -2.05. The van der Waals surface area contributed by atoms with Gasteiger partial charge in [-0.3, -0.25) is 4.79 Å². The Morgan fingerprint density at radius 2 is 2.13 bits per heavy atom. The van der Waals surface area contributed by atoms with Crippen molar-refractivity contribution in [1.29, 1.82) is 0 Å². The minimum Gasteiger partial charge on any atom is -0.496 e. The van der Waals surface area contributed by atoms with E-state index < -0.39 is 17.5 Å². The first-order valence-corrected chi connectivity index (χ1v) is 4.05. The number of hydrogen-bond acceptors (Lipinski definition) is 2. The summed E-state index contributed by atoms with van der Waals surface area (Å²) < 4.78 is 30.9. The Labute approximate surface area is 85.1 Å². The number of methoxy groups -OCH3 is 1. The van der Waals surface area contributed by atoms with E-state index >= 15 is 0 Å². The predicted octanol–water partition coefficient (Wildman–Crippen LogP) is 1.47. The zero-order chi connectivity index (χ0) is 11.4. The lowest BCUT2D eigenvalue weighted by atomic mass is 10.1. The fraction of sp³-hybridized carbons (Fsp3) is 0.100. The van der Waals surface area contributed by atoms with Crippen LogP contribution in [0.2, 0.25) is 0 Å². The van der Waals surface area contributed by atoms with Gasteiger partial charge < -0.3 is 10.5 Å². The molecule has 0 saturated heterocycles. The lowest BCUT2D eigenvalue weighted by molar-refractivity contribution is -0.113. The van der Waals surface area contributed by atoms with Gasteiger partial charge in [0, 0.05) is 6.08 Å². The number of primary amides is 1. The van der Waals surface area contributed by atoms with Crippen LogP contribution in [0.15, 0.2) is 18.2 Å². The maximum Gasteiger partial charge on any atom is 0.241 e. The van der Waals surface area contributed by atoms with Gasteiger partial charge in [0.2, 0.25) is 5.91 Å². The van der Waals surface area contributed by atoms with Gasteiger partial charge in [0.25, 0.3) is 0 Å². The minimum absolute atomic E-state index is 0.131. The van der Waals surface area contributed by atoms with Crippen LogP contribution in [0.3, 0.4) is 0 Å². The van der Waals surface area contributed by atoms with Gasteiger partial charge >= 0.3 is 0 Å². The van der Waals surface area contributed by atoms with E-state index in [9.17, 15) is 13.6 Å². The molecule has 0 aliphatic carbocycles. The smallest absolute Gasteiger partial charge is 0.241 e. The summed E-state index contributed by atoms with van der Waals surface area (Å²) in [6.45, 7) is 0. The summed E-state index contributed by atoms with van der Waals surface area (Å²) in [5.41, 5.74) is 4.69. The molecule has 0 bridgehead atoms. The summed E-state index contributed by atoms with van der Waals surface area (Å²) in [6, 6.07) is 2.20. The van der Waals surface area contributed by atoms with Gasteiger partial charge in [-0.2, -0.15) is 0 Å². The van der Waals surface area contributed by atoms with Crippen LogP contribution in [0.25, 0.3) is 6.08 Å². The number of rotatable bonds is 3. The van der Waals surface area contributed by atoms with E-state index in [0.717, 1.165) is 18.2 Å².